The van der Waals surface area contributed by atoms with Crippen LogP contribution in [0.1, 0.15) is 60.7 Å². The van der Waals surface area contributed by atoms with Crippen LogP contribution in [0.25, 0.3) is 0 Å². The molecular weight excluding hydrogens is 378 g/mol. The molecule has 1 saturated heterocycles. The number of benzene rings is 1. The molecule has 2 N–H and O–H groups in total. The Bertz CT molecular complexity index is 780. The zero-order chi connectivity index (χ0) is 18.6. The first-order valence-electron chi connectivity index (χ1n) is 9.91. The van der Waals surface area contributed by atoms with Crippen LogP contribution in [0.4, 0.5) is 5.69 Å². The van der Waals surface area contributed by atoms with Gasteiger partial charge in [0.2, 0.25) is 0 Å². The molecule has 1 amide bonds. The fraction of sp³-hybridized carbons (Fsp3) is 0.550. The van der Waals surface area contributed by atoms with Gasteiger partial charge in [-0.05, 0) is 82.8 Å². The second kappa shape index (κ2) is 9.39. The third kappa shape index (κ3) is 4.64. The molecule has 0 radical (unpaired) electrons. The Labute approximate surface area is 171 Å². The van der Waals surface area contributed by atoms with Crippen molar-refractivity contribution in [3.05, 3.63) is 35.7 Å². The number of rotatable bonds is 5. The average molecular weight is 406 g/mol. The molecule has 2 fully saturated rings. The van der Waals surface area contributed by atoms with E-state index in [4.69, 9.17) is 4.74 Å². The van der Waals surface area contributed by atoms with Crippen LogP contribution in [0.3, 0.4) is 0 Å². The first kappa shape index (κ1) is 20.6. The molecule has 1 aromatic carbocycles. The summed E-state index contributed by atoms with van der Waals surface area (Å²) in [5.41, 5.74) is 1.94. The largest absolute Gasteiger partial charge is 0.490 e. The summed E-state index contributed by atoms with van der Waals surface area (Å²) in [6.45, 7) is 3.86. The molecule has 1 aliphatic heterocycles. The van der Waals surface area contributed by atoms with Crippen molar-refractivity contribution in [3.8, 4) is 5.75 Å². The zero-order valence-corrected chi connectivity index (χ0v) is 17.0. The molecule has 0 atom stereocenters. The lowest BCUT2D eigenvalue weighted by atomic mass is 10.1. The maximum Gasteiger partial charge on any atom is 0.278 e. The molecule has 1 aromatic heterocycles. The molecule has 0 bridgehead atoms. The minimum absolute atomic E-state index is 0. The number of anilines is 1. The Morgan fingerprint density at radius 2 is 1.82 bits per heavy atom. The Balaban J connectivity index is 0.00000225. The first-order chi connectivity index (χ1) is 13.2. The molecule has 152 valence electrons. The normalized spacial score (nSPS) is 17.9. The van der Waals surface area contributed by atoms with Crippen LogP contribution in [-0.2, 0) is 0 Å². The molecule has 8 heteroatoms. The molecule has 2 aliphatic rings. The van der Waals surface area contributed by atoms with Crippen molar-refractivity contribution in [2.24, 2.45) is 0 Å². The van der Waals surface area contributed by atoms with Gasteiger partial charge in [0.25, 0.3) is 5.91 Å². The van der Waals surface area contributed by atoms with E-state index in [0.29, 0.717) is 17.8 Å². The number of hydrogen-bond donors (Lipinski definition) is 2. The average Bonchev–Trinajstić information content (AvgIpc) is 3.33. The van der Waals surface area contributed by atoms with Gasteiger partial charge >= 0.3 is 0 Å². The molecule has 1 saturated carbocycles. The molecule has 0 spiro atoms. The van der Waals surface area contributed by atoms with Gasteiger partial charge in [-0.1, -0.05) is 5.21 Å². The monoisotopic (exact) mass is 405 g/mol. The van der Waals surface area contributed by atoms with E-state index in [1.54, 1.807) is 0 Å². The van der Waals surface area contributed by atoms with Crippen molar-refractivity contribution < 1.29 is 9.53 Å². The Hall–Kier alpha value is -2.12. The minimum atomic E-state index is -0.225. The van der Waals surface area contributed by atoms with Crippen molar-refractivity contribution in [1.29, 1.82) is 0 Å². The zero-order valence-electron chi connectivity index (χ0n) is 16.2. The van der Waals surface area contributed by atoms with Crippen LogP contribution in [0, 0.1) is 6.92 Å². The second-order valence-electron chi connectivity index (χ2n) is 7.45. The summed E-state index contributed by atoms with van der Waals surface area (Å²) in [4.78, 5) is 12.6. The topological polar surface area (TPSA) is 81.1 Å². The van der Waals surface area contributed by atoms with Gasteiger partial charge in [0.1, 0.15) is 5.75 Å². The molecule has 4 rings (SSSR count). The summed E-state index contributed by atoms with van der Waals surface area (Å²) in [6.07, 6.45) is 7.10. The second-order valence-corrected chi connectivity index (χ2v) is 7.45. The third-order valence-corrected chi connectivity index (χ3v) is 5.51. The highest BCUT2D eigenvalue weighted by Gasteiger charge is 2.23. The fourth-order valence-corrected chi connectivity index (χ4v) is 3.95. The van der Waals surface area contributed by atoms with E-state index in [1.165, 1.54) is 12.8 Å². The van der Waals surface area contributed by atoms with Crippen LogP contribution in [0.2, 0.25) is 0 Å². The Kier molecular flexibility index (Phi) is 6.91. The number of carbonyl (C=O) groups excluding carboxylic acids is 1. The van der Waals surface area contributed by atoms with Gasteiger partial charge < -0.3 is 15.4 Å². The molecule has 0 unspecified atom stereocenters. The highest BCUT2D eigenvalue weighted by Crippen LogP contribution is 2.25. The van der Waals surface area contributed by atoms with E-state index in [9.17, 15) is 4.79 Å². The van der Waals surface area contributed by atoms with Gasteiger partial charge in [-0.25, -0.2) is 4.68 Å². The van der Waals surface area contributed by atoms with Gasteiger partial charge in [0, 0.05) is 5.69 Å². The number of nitrogens with one attached hydrogen (secondary N) is 2. The lowest BCUT2D eigenvalue weighted by Gasteiger charge is -2.23. The molecule has 28 heavy (non-hydrogen) atoms. The van der Waals surface area contributed by atoms with Gasteiger partial charge in [0.15, 0.2) is 5.69 Å². The molecular formula is C20H28ClN5O2. The standard InChI is InChI=1S/C20H27N5O2.ClH/c1-14-19(23-24-25(14)16-10-12-21-13-11-16)20(26)22-15-6-8-18(9-7-15)27-17-4-2-3-5-17;/h6-9,16-17,21H,2-5,10-13H2,1H3,(H,22,26);1H. The van der Waals surface area contributed by atoms with Crippen molar-refractivity contribution >= 4 is 24.0 Å². The summed E-state index contributed by atoms with van der Waals surface area (Å²) >= 11 is 0. The maximum absolute atomic E-state index is 12.6. The molecule has 2 aromatic rings. The van der Waals surface area contributed by atoms with Crippen molar-refractivity contribution in [2.75, 3.05) is 18.4 Å². The van der Waals surface area contributed by atoms with E-state index < -0.39 is 0 Å². The Morgan fingerprint density at radius 1 is 1.14 bits per heavy atom. The molecule has 1 aliphatic carbocycles. The summed E-state index contributed by atoms with van der Waals surface area (Å²) in [5.74, 6) is 0.630. The predicted molar refractivity (Wildman–Crippen MR) is 110 cm³/mol. The first-order valence-corrected chi connectivity index (χ1v) is 9.91. The van der Waals surface area contributed by atoms with Crippen LogP contribution < -0.4 is 15.4 Å². The van der Waals surface area contributed by atoms with Crippen LogP contribution in [0.15, 0.2) is 24.3 Å². The van der Waals surface area contributed by atoms with Gasteiger partial charge in [-0.3, -0.25) is 4.79 Å². The quantitative estimate of drug-likeness (QED) is 0.795. The van der Waals surface area contributed by atoms with E-state index in [0.717, 1.165) is 55.9 Å². The number of halogens is 1. The molecule has 2 heterocycles. The van der Waals surface area contributed by atoms with E-state index >= 15 is 0 Å². The van der Waals surface area contributed by atoms with Crippen LogP contribution in [0.5, 0.6) is 5.75 Å². The highest BCUT2D eigenvalue weighted by molar-refractivity contribution is 6.03. The number of nitrogens with zero attached hydrogens (tertiary/aromatic N) is 3. The van der Waals surface area contributed by atoms with E-state index in [2.05, 4.69) is 20.9 Å². The number of piperidine rings is 1. The van der Waals surface area contributed by atoms with Gasteiger partial charge in [-0.2, -0.15) is 0 Å². The number of amides is 1. The summed E-state index contributed by atoms with van der Waals surface area (Å²) < 4.78 is 7.86. The SMILES string of the molecule is Cc1c(C(=O)Nc2ccc(OC3CCCC3)cc2)nnn1C1CCNCC1.Cl. The van der Waals surface area contributed by atoms with Crippen molar-refractivity contribution in [2.45, 2.75) is 57.6 Å². The summed E-state index contributed by atoms with van der Waals surface area (Å²) in [7, 11) is 0. The van der Waals surface area contributed by atoms with Gasteiger partial charge in [-0.15, -0.1) is 17.5 Å². The third-order valence-electron chi connectivity index (χ3n) is 5.51. The fourth-order valence-electron chi connectivity index (χ4n) is 3.95. The van der Waals surface area contributed by atoms with Crippen molar-refractivity contribution in [1.82, 2.24) is 20.3 Å². The molecule has 7 nitrogen and oxygen atoms in total. The van der Waals surface area contributed by atoms with Gasteiger partial charge in [0.05, 0.1) is 17.8 Å². The van der Waals surface area contributed by atoms with Crippen LogP contribution in [-0.4, -0.2) is 40.1 Å². The van der Waals surface area contributed by atoms with E-state index in [-0.39, 0.29) is 18.3 Å². The smallest absolute Gasteiger partial charge is 0.278 e. The summed E-state index contributed by atoms with van der Waals surface area (Å²) in [6, 6.07) is 7.87. The number of aromatic nitrogens is 3. The number of ether oxygens (including phenoxy) is 1. The Morgan fingerprint density at radius 3 is 2.50 bits per heavy atom. The van der Waals surface area contributed by atoms with Crippen molar-refractivity contribution in [3.63, 3.8) is 0 Å². The number of hydrogen-bond acceptors (Lipinski definition) is 5. The summed E-state index contributed by atoms with van der Waals surface area (Å²) in [5, 5.41) is 14.6. The lowest BCUT2D eigenvalue weighted by Crippen LogP contribution is -2.30. The lowest BCUT2D eigenvalue weighted by molar-refractivity contribution is 0.102. The highest BCUT2D eigenvalue weighted by atomic mass is 35.5. The predicted octanol–water partition coefficient (Wildman–Crippen LogP) is 3.51. The van der Waals surface area contributed by atoms with Crippen LogP contribution >= 0.6 is 12.4 Å². The maximum atomic E-state index is 12.6. The minimum Gasteiger partial charge on any atom is -0.490 e. The van der Waals surface area contributed by atoms with E-state index in [1.807, 2.05) is 35.9 Å². The number of carbonyl (C=O) groups is 1.